The summed E-state index contributed by atoms with van der Waals surface area (Å²) in [5, 5.41) is 3.98. The van der Waals surface area contributed by atoms with Crippen molar-refractivity contribution in [3.63, 3.8) is 0 Å². The standard InChI is InChI=1S/C22H22N4O2S/c1-25(13-19-23-17-10-4-5-11-18(17)29-19)14-26-20(27)22(24-21(26)28)12-6-8-15-7-2-3-9-16(15)22/h2-5,7,9-11H,6,8,12-14H2,1H3,(H,24,28). The van der Waals surface area contributed by atoms with Crippen molar-refractivity contribution in [3.05, 3.63) is 64.7 Å². The molecule has 0 saturated carbocycles. The molecule has 2 aliphatic rings. The number of hydrogen-bond donors (Lipinski definition) is 1. The Kier molecular flexibility index (Phi) is 4.37. The molecule has 1 fully saturated rings. The fourth-order valence-corrected chi connectivity index (χ4v) is 5.50. The first-order valence-electron chi connectivity index (χ1n) is 9.82. The van der Waals surface area contributed by atoms with Gasteiger partial charge in [-0.25, -0.2) is 14.7 Å². The Morgan fingerprint density at radius 3 is 2.83 bits per heavy atom. The van der Waals surface area contributed by atoms with Crippen molar-refractivity contribution in [1.82, 2.24) is 20.1 Å². The lowest BCUT2D eigenvalue weighted by molar-refractivity contribution is -0.133. The molecule has 0 bridgehead atoms. The number of aromatic nitrogens is 1. The molecule has 1 aliphatic carbocycles. The molecule has 3 amide bonds. The third-order valence-corrected chi connectivity index (χ3v) is 6.80. The van der Waals surface area contributed by atoms with Gasteiger partial charge in [-0.3, -0.25) is 9.69 Å². The van der Waals surface area contributed by atoms with E-state index in [-0.39, 0.29) is 18.6 Å². The molecule has 1 atom stereocenters. The zero-order chi connectivity index (χ0) is 20.0. The van der Waals surface area contributed by atoms with Crippen LogP contribution in [0.2, 0.25) is 0 Å². The first-order valence-corrected chi connectivity index (χ1v) is 10.6. The summed E-state index contributed by atoms with van der Waals surface area (Å²) in [6.45, 7) is 0.824. The van der Waals surface area contributed by atoms with Gasteiger partial charge < -0.3 is 5.32 Å². The third kappa shape index (κ3) is 3.01. The summed E-state index contributed by atoms with van der Waals surface area (Å²) in [5.41, 5.74) is 2.16. The Labute approximate surface area is 173 Å². The topological polar surface area (TPSA) is 65.5 Å². The number of para-hydroxylation sites is 1. The van der Waals surface area contributed by atoms with E-state index in [9.17, 15) is 9.59 Å². The molecule has 0 radical (unpaired) electrons. The van der Waals surface area contributed by atoms with Crippen LogP contribution in [0.5, 0.6) is 0 Å². The molecule has 1 N–H and O–H groups in total. The molecular formula is C22H22N4O2S. The average Bonchev–Trinajstić information content (AvgIpc) is 3.22. The first-order chi connectivity index (χ1) is 14.1. The molecule has 6 nitrogen and oxygen atoms in total. The molecule has 3 aromatic rings. The Morgan fingerprint density at radius 1 is 1.17 bits per heavy atom. The smallest absolute Gasteiger partial charge is 0.319 e. The molecule has 7 heteroatoms. The van der Waals surface area contributed by atoms with E-state index in [1.165, 1.54) is 4.90 Å². The quantitative estimate of drug-likeness (QED) is 0.674. The predicted molar refractivity (Wildman–Crippen MR) is 112 cm³/mol. The average molecular weight is 407 g/mol. The van der Waals surface area contributed by atoms with E-state index in [1.54, 1.807) is 11.3 Å². The molecule has 1 saturated heterocycles. The molecule has 1 unspecified atom stereocenters. The number of urea groups is 1. The van der Waals surface area contributed by atoms with Crippen molar-refractivity contribution in [1.29, 1.82) is 0 Å². The highest BCUT2D eigenvalue weighted by atomic mass is 32.1. The number of carbonyl (C=O) groups excluding carboxylic acids is 2. The molecule has 1 spiro atoms. The van der Waals surface area contributed by atoms with E-state index in [0.717, 1.165) is 39.2 Å². The second-order valence-corrected chi connectivity index (χ2v) is 8.93. The van der Waals surface area contributed by atoms with Crippen molar-refractivity contribution < 1.29 is 9.59 Å². The molecule has 1 aromatic heterocycles. The number of carbonyl (C=O) groups is 2. The molecule has 2 aromatic carbocycles. The predicted octanol–water partition coefficient (Wildman–Crippen LogP) is 3.47. The van der Waals surface area contributed by atoms with Crippen LogP contribution in [0, 0.1) is 0 Å². The van der Waals surface area contributed by atoms with Crippen LogP contribution >= 0.6 is 11.3 Å². The number of thiazole rings is 1. The maximum Gasteiger partial charge on any atom is 0.326 e. The van der Waals surface area contributed by atoms with Crippen LogP contribution in [0.3, 0.4) is 0 Å². The number of aryl methyl sites for hydroxylation is 1. The Balaban J connectivity index is 1.35. The highest BCUT2D eigenvalue weighted by Crippen LogP contribution is 2.39. The van der Waals surface area contributed by atoms with Crippen molar-refractivity contribution in [3.8, 4) is 0 Å². The second-order valence-electron chi connectivity index (χ2n) is 7.81. The van der Waals surface area contributed by atoms with Gasteiger partial charge in [0.25, 0.3) is 5.91 Å². The highest BCUT2D eigenvalue weighted by molar-refractivity contribution is 7.18. The van der Waals surface area contributed by atoms with Gasteiger partial charge in [-0.05, 0) is 49.6 Å². The molecule has 5 rings (SSSR count). The first kappa shape index (κ1) is 18.3. The Hall–Kier alpha value is -2.77. The van der Waals surface area contributed by atoms with Gasteiger partial charge in [-0.2, -0.15) is 0 Å². The van der Waals surface area contributed by atoms with Gasteiger partial charge in [0.15, 0.2) is 0 Å². The lowest BCUT2D eigenvalue weighted by Gasteiger charge is -2.33. The minimum absolute atomic E-state index is 0.147. The summed E-state index contributed by atoms with van der Waals surface area (Å²) in [5.74, 6) is -0.147. The number of fused-ring (bicyclic) bond motifs is 3. The molecular weight excluding hydrogens is 384 g/mol. The fourth-order valence-electron chi connectivity index (χ4n) is 4.45. The number of amides is 3. The van der Waals surface area contributed by atoms with Crippen LogP contribution in [0.25, 0.3) is 10.2 Å². The van der Waals surface area contributed by atoms with Gasteiger partial charge in [0.1, 0.15) is 10.5 Å². The van der Waals surface area contributed by atoms with E-state index < -0.39 is 5.54 Å². The van der Waals surface area contributed by atoms with Crippen molar-refractivity contribution in [2.45, 2.75) is 31.3 Å². The van der Waals surface area contributed by atoms with Crippen molar-refractivity contribution >= 4 is 33.5 Å². The lowest BCUT2D eigenvalue weighted by Crippen LogP contribution is -2.47. The largest absolute Gasteiger partial charge is 0.326 e. The Morgan fingerprint density at radius 2 is 1.97 bits per heavy atom. The van der Waals surface area contributed by atoms with Gasteiger partial charge >= 0.3 is 6.03 Å². The number of nitrogens with zero attached hydrogens (tertiary/aromatic N) is 3. The zero-order valence-electron chi connectivity index (χ0n) is 16.2. The van der Waals surface area contributed by atoms with Crippen LogP contribution in [-0.2, 0) is 23.3 Å². The number of hydrogen-bond acceptors (Lipinski definition) is 5. The molecule has 2 heterocycles. The number of benzene rings is 2. The summed E-state index contributed by atoms with van der Waals surface area (Å²) in [7, 11) is 1.91. The maximum atomic E-state index is 13.4. The third-order valence-electron chi connectivity index (χ3n) is 5.78. The molecule has 29 heavy (non-hydrogen) atoms. The van der Waals surface area contributed by atoms with Crippen molar-refractivity contribution in [2.24, 2.45) is 0 Å². The summed E-state index contributed by atoms with van der Waals surface area (Å²) in [6.07, 6.45) is 2.48. The van der Waals surface area contributed by atoms with Gasteiger partial charge in [0, 0.05) is 0 Å². The minimum atomic E-state index is -0.914. The van der Waals surface area contributed by atoms with Crippen LogP contribution in [0.1, 0.15) is 29.0 Å². The van der Waals surface area contributed by atoms with Gasteiger partial charge in [0.05, 0.1) is 23.4 Å². The van der Waals surface area contributed by atoms with E-state index in [2.05, 4.69) is 22.4 Å². The van der Waals surface area contributed by atoms with Gasteiger partial charge in [-0.1, -0.05) is 36.4 Å². The van der Waals surface area contributed by atoms with Crippen molar-refractivity contribution in [2.75, 3.05) is 13.7 Å². The normalized spacial score (nSPS) is 21.2. The minimum Gasteiger partial charge on any atom is -0.319 e. The number of nitrogens with one attached hydrogen (secondary N) is 1. The Bertz CT molecular complexity index is 1080. The second kappa shape index (κ2) is 6.93. The van der Waals surface area contributed by atoms with E-state index in [0.29, 0.717) is 13.0 Å². The summed E-state index contributed by atoms with van der Waals surface area (Å²) < 4.78 is 1.14. The molecule has 148 valence electrons. The SMILES string of the molecule is CN(Cc1nc2ccccc2s1)CN1C(=O)NC2(CCCc3ccccc32)C1=O. The zero-order valence-corrected chi connectivity index (χ0v) is 17.0. The highest BCUT2D eigenvalue weighted by Gasteiger charge is 2.53. The summed E-state index contributed by atoms with van der Waals surface area (Å²) >= 11 is 1.64. The van der Waals surface area contributed by atoms with Crippen LogP contribution in [-0.4, -0.2) is 40.4 Å². The van der Waals surface area contributed by atoms with Crippen LogP contribution in [0.15, 0.2) is 48.5 Å². The number of rotatable bonds is 4. The van der Waals surface area contributed by atoms with Gasteiger partial charge in [-0.15, -0.1) is 11.3 Å². The van der Waals surface area contributed by atoms with E-state index in [4.69, 9.17) is 0 Å². The fraction of sp³-hybridized carbons (Fsp3) is 0.318. The lowest BCUT2D eigenvalue weighted by atomic mass is 9.76. The number of imide groups is 1. The maximum absolute atomic E-state index is 13.4. The van der Waals surface area contributed by atoms with Gasteiger partial charge in [0.2, 0.25) is 0 Å². The summed E-state index contributed by atoms with van der Waals surface area (Å²) in [4.78, 5) is 34.1. The molecule has 1 aliphatic heterocycles. The monoisotopic (exact) mass is 406 g/mol. The summed E-state index contributed by atoms with van der Waals surface area (Å²) in [6, 6.07) is 15.7. The van der Waals surface area contributed by atoms with Crippen LogP contribution < -0.4 is 5.32 Å². The van der Waals surface area contributed by atoms with Crippen LogP contribution in [0.4, 0.5) is 4.79 Å². The van der Waals surface area contributed by atoms with E-state index >= 15 is 0 Å². The van der Waals surface area contributed by atoms with E-state index in [1.807, 2.05) is 48.3 Å².